The van der Waals surface area contributed by atoms with Gasteiger partial charge in [-0.05, 0) is 12.3 Å². The summed E-state index contributed by atoms with van der Waals surface area (Å²) < 4.78 is 5.33. The molecule has 1 atom stereocenters. The van der Waals surface area contributed by atoms with Crippen LogP contribution >= 0.6 is 0 Å². The number of nitrogens with two attached hydrogens (primary N) is 1. The first-order chi connectivity index (χ1) is 12.6. The van der Waals surface area contributed by atoms with Gasteiger partial charge in [-0.15, -0.1) is 0 Å². The number of oxazole rings is 1. The van der Waals surface area contributed by atoms with Crippen LogP contribution in [-0.4, -0.2) is 17.4 Å². The zero-order chi connectivity index (χ0) is 19.2. The minimum atomic E-state index is -0.275. The Hall–Kier alpha value is -1.36. The molecule has 0 aliphatic rings. The molecule has 5 heteroatoms. The molecule has 0 fully saturated rings. The molecule has 0 saturated heterocycles. The van der Waals surface area contributed by atoms with E-state index in [0.717, 1.165) is 6.42 Å². The lowest BCUT2D eigenvalue weighted by Crippen LogP contribution is -2.25. The lowest BCUT2D eigenvalue weighted by Gasteiger charge is -2.10. The quantitative estimate of drug-likeness (QED) is 0.409. The fourth-order valence-electron chi connectivity index (χ4n) is 2.91. The van der Waals surface area contributed by atoms with Crippen LogP contribution in [0.25, 0.3) is 0 Å². The standard InChI is InChI=1S/C21H39N3O2/c1-4-5-6-7-8-9-10-11-12-13-14-15-23-20(25)18-16-26-21(24-18)19(22)17(2)3/h16-17,19H,4-15,22H2,1-3H3,(H,23,25). The third kappa shape index (κ3) is 9.37. The number of carbonyl (C=O) groups is 1. The largest absolute Gasteiger partial charge is 0.446 e. The molecule has 0 aliphatic carbocycles. The number of aromatic nitrogens is 1. The molecule has 150 valence electrons. The fraction of sp³-hybridized carbons (Fsp3) is 0.810. The van der Waals surface area contributed by atoms with E-state index in [1.807, 2.05) is 13.8 Å². The van der Waals surface area contributed by atoms with Gasteiger partial charge in [0.1, 0.15) is 6.26 Å². The van der Waals surface area contributed by atoms with Crippen molar-refractivity contribution in [1.82, 2.24) is 10.3 Å². The van der Waals surface area contributed by atoms with E-state index >= 15 is 0 Å². The molecular weight excluding hydrogens is 326 g/mol. The molecule has 5 nitrogen and oxygen atoms in total. The Balaban J connectivity index is 2.02. The summed E-state index contributed by atoms with van der Waals surface area (Å²) in [5.41, 5.74) is 6.30. The average molecular weight is 366 g/mol. The van der Waals surface area contributed by atoms with E-state index in [4.69, 9.17) is 10.2 Å². The van der Waals surface area contributed by atoms with Crippen molar-refractivity contribution < 1.29 is 9.21 Å². The zero-order valence-corrected chi connectivity index (χ0v) is 17.1. The van der Waals surface area contributed by atoms with Gasteiger partial charge in [-0.1, -0.05) is 85.0 Å². The summed E-state index contributed by atoms with van der Waals surface area (Å²) in [7, 11) is 0. The van der Waals surface area contributed by atoms with Crippen molar-refractivity contribution in [3.63, 3.8) is 0 Å². The van der Waals surface area contributed by atoms with Gasteiger partial charge in [0.05, 0.1) is 6.04 Å². The lowest BCUT2D eigenvalue weighted by molar-refractivity contribution is 0.0948. The first-order valence-corrected chi connectivity index (χ1v) is 10.6. The van der Waals surface area contributed by atoms with E-state index in [-0.39, 0.29) is 17.9 Å². The van der Waals surface area contributed by atoms with Gasteiger partial charge in [0.2, 0.25) is 5.89 Å². The van der Waals surface area contributed by atoms with Crippen molar-refractivity contribution in [2.75, 3.05) is 6.54 Å². The van der Waals surface area contributed by atoms with Crippen LogP contribution in [0.1, 0.15) is 114 Å². The maximum absolute atomic E-state index is 12.1. The minimum Gasteiger partial charge on any atom is -0.446 e. The summed E-state index contributed by atoms with van der Waals surface area (Å²) in [5.74, 6) is 0.476. The summed E-state index contributed by atoms with van der Waals surface area (Å²) >= 11 is 0. The van der Waals surface area contributed by atoms with Gasteiger partial charge in [-0.25, -0.2) is 4.98 Å². The molecule has 0 radical (unpaired) electrons. The smallest absolute Gasteiger partial charge is 0.273 e. The Bertz CT molecular complexity index is 485. The molecule has 1 amide bonds. The Morgan fingerprint density at radius 1 is 1.04 bits per heavy atom. The van der Waals surface area contributed by atoms with E-state index in [1.54, 1.807) is 0 Å². The van der Waals surface area contributed by atoms with Crippen LogP contribution in [0.5, 0.6) is 0 Å². The van der Waals surface area contributed by atoms with Crippen LogP contribution in [0.4, 0.5) is 0 Å². The van der Waals surface area contributed by atoms with Crippen LogP contribution < -0.4 is 11.1 Å². The van der Waals surface area contributed by atoms with E-state index in [2.05, 4.69) is 17.2 Å². The molecular formula is C21H39N3O2. The highest BCUT2D eigenvalue weighted by Gasteiger charge is 2.19. The summed E-state index contributed by atoms with van der Waals surface area (Å²) in [6.45, 7) is 6.95. The molecule has 26 heavy (non-hydrogen) atoms. The highest BCUT2D eigenvalue weighted by molar-refractivity contribution is 5.91. The summed E-state index contributed by atoms with van der Waals surface area (Å²) in [6, 6.07) is -0.275. The number of carbonyl (C=O) groups excluding carboxylic acids is 1. The van der Waals surface area contributed by atoms with E-state index in [1.165, 1.54) is 70.5 Å². The number of nitrogens with zero attached hydrogens (tertiary/aromatic N) is 1. The molecule has 3 N–H and O–H groups in total. The molecule has 0 saturated carbocycles. The molecule has 0 bridgehead atoms. The molecule has 0 spiro atoms. The van der Waals surface area contributed by atoms with Gasteiger partial charge in [-0.3, -0.25) is 4.79 Å². The number of amides is 1. The van der Waals surface area contributed by atoms with Crippen molar-refractivity contribution in [2.45, 2.75) is 97.4 Å². The normalized spacial score (nSPS) is 12.5. The molecule has 1 rings (SSSR count). The summed E-state index contributed by atoms with van der Waals surface area (Å²) in [6.07, 6.45) is 15.7. The Kier molecular flexibility index (Phi) is 12.0. The predicted octanol–water partition coefficient (Wildman–Crippen LogP) is 5.37. The monoisotopic (exact) mass is 365 g/mol. The second-order valence-corrected chi connectivity index (χ2v) is 7.63. The molecule has 1 aromatic heterocycles. The highest BCUT2D eigenvalue weighted by Crippen LogP contribution is 2.18. The lowest BCUT2D eigenvalue weighted by atomic mass is 10.1. The molecule has 0 aliphatic heterocycles. The molecule has 1 unspecified atom stereocenters. The second kappa shape index (κ2) is 13.8. The number of hydrogen-bond donors (Lipinski definition) is 2. The molecule has 1 heterocycles. The summed E-state index contributed by atoms with van der Waals surface area (Å²) in [5, 5.41) is 2.91. The van der Waals surface area contributed by atoms with Crippen molar-refractivity contribution in [2.24, 2.45) is 11.7 Å². The third-order valence-corrected chi connectivity index (χ3v) is 4.82. The van der Waals surface area contributed by atoms with Crippen molar-refractivity contribution in [1.29, 1.82) is 0 Å². The van der Waals surface area contributed by atoms with Gasteiger partial charge >= 0.3 is 0 Å². The SMILES string of the molecule is CCCCCCCCCCCCCNC(=O)c1coc(C(N)C(C)C)n1. The number of hydrogen-bond acceptors (Lipinski definition) is 4. The fourth-order valence-corrected chi connectivity index (χ4v) is 2.91. The molecule has 0 aromatic carbocycles. The van der Waals surface area contributed by atoms with Crippen LogP contribution in [0, 0.1) is 5.92 Å². The Labute approximate surface area is 159 Å². The van der Waals surface area contributed by atoms with E-state index in [9.17, 15) is 4.79 Å². The van der Waals surface area contributed by atoms with Crippen molar-refractivity contribution in [3.05, 3.63) is 17.8 Å². The van der Waals surface area contributed by atoms with Crippen LogP contribution in [0.15, 0.2) is 10.7 Å². The van der Waals surface area contributed by atoms with Crippen molar-refractivity contribution in [3.8, 4) is 0 Å². The van der Waals surface area contributed by atoms with Crippen LogP contribution in [0.2, 0.25) is 0 Å². The number of unbranched alkanes of at least 4 members (excludes halogenated alkanes) is 10. The van der Waals surface area contributed by atoms with Crippen LogP contribution in [-0.2, 0) is 0 Å². The molecule has 1 aromatic rings. The zero-order valence-electron chi connectivity index (χ0n) is 17.1. The third-order valence-electron chi connectivity index (χ3n) is 4.82. The summed E-state index contributed by atoms with van der Waals surface area (Å²) in [4.78, 5) is 16.3. The maximum Gasteiger partial charge on any atom is 0.273 e. The minimum absolute atomic E-state index is 0.178. The van der Waals surface area contributed by atoms with Gasteiger partial charge in [0, 0.05) is 6.54 Å². The first kappa shape index (κ1) is 22.7. The van der Waals surface area contributed by atoms with Gasteiger partial charge < -0.3 is 15.5 Å². The highest BCUT2D eigenvalue weighted by atomic mass is 16.3. The van der Waals surface area contributed by atoms with E-state index in [0.29, 0.717) is 18.1 Å². The second-order valence-electron chi connectivity index (χ2n) is 7.63. The van der Waals surface area contributed by atoms with Crippen molar-refractivity contribution >= 4 is 5.91 Å². The average Bonchev–Trinajstić information content (AvgIpc) is 3.11. The number of nitrogens with one attached hydrogen (secondary N) is 1. The Morgan fingerprint density at radius 3 is 2.12 bits per heavy atom. The Morgan fingerprint density at radius 2 is 1.58 bits per heavy atom. The maximum atomic E-state index is 12.1. The number of rotatable bonds is 15. The topological polar surface area (TPSA) is 81.2 Å². The van der Waals surface area contributed by atoms with E-state index < -0.39 is 0 Å². The van der Waals surface area contributed by atoms with Gasteiger partial charge in [0.15, 0.2) is 5.69 Å². The van der Waals surface area contributed by atoms with Gasteiger partial charge in [0.25, 0.3) is 5.91 Å². The first-order valence-electron chi connectivity index (χ1n) is 10.6. The van der Waals surface area contributed by atoms with Gasteiger partial charge in [-0.2, -0.15) is 0 Å². The van der Waals surface area contributed by atoms with Crippen LogP contribution in [0.3, 0.4) is 0 Å². The predicted molar refractivity (Wildman–Crippen MR) is 107 cm³/mol.